The highest BCUT2D eigenvalue weighted by molar-refractivity contribution is 8.02. The number of rotatable bonds is 6. The van der Waals surface area contributed by atoms with Crippen LogP contribution >= 0.6 is 23.3 Å². The van der Waals surface area contributed by atoms with Gasteiger partial charge in [0, 0.05) is 24.6 Å². The van der Waals surface area contributed by atoms with Crippen LogP contribution in [0.4, 0.5) is 10.1 Å². The van der Waals surface area contributed by atoms with E-state index in [0.717, 1.165) is 20.5 Å². The predicted octanol–water partition coefficient (Wildman–Crippen LogP) is 4.80. The van der Waals surface area contributed by atoms with Crippen LogP contribution < -0.4 is 9.04 Å². The first-order valence-electron chi connectivity index (χ1n) is 7.52. The van der Waals surface area contributed by atoms with E-state index in [-0.39, 0.29) is 11.4 Å². The molecule has 0 spiro atoms. The van der Waals surface area contributed by atoms with E-state index in [1.807, 2.05) is 11.4 Å². The number of carbonyl (C=O) groups is 1. The molecule has 2 aromatic carbocycles. The van der Waals surface area contributed by atoms with Crippen LogP contribution in [0.2, 0.25) is 0 Å². The van der Waals surface area contributed by atoms with Crippen LogP contribution in [0, 0.1) is 5.82 Å². The van der Waals surface area contributed by atoms with E-state index in [9.17, 15) is 9.18 Å². The van der Waals surface area contributed by atoms with Gasteiger partial charge in [-0.1, -0.05) is 0 Å². The molecule has 134 valence electrons. The maximum absolute atomic E-state index is 13.0. The Morgan fingerprint density at radius 1 is 1.27 bits per heavy atom. The number of aromatic carboxylic acids is 1. The number of carboxylic acids is 1. The molecule has 0 aliphatic rings. The first-order valence-corrected chi connectivity index (χ1v) is 9.11. The Morgan fingerprint density at radius 2 is 2.00 bits per heavy atom. The molecule has 3 aromatic rings. The molecule has 0 saturated heterocycles. The van der Waals surface area contributed by atoms with Gasteiger partial charge in [-0.3, -0.25) is 0 Å². The SMILES string of the molecule is COc1cc(C(=O)O)ccc1N(C)Sc1cnc(-c2ccc(F)cc2)s1. The van der Waals surface area contributed by atoms with Crippen LogP contribution in [0.1, 0.15) is 10.4 Å². The number of nitrogens with zero attached hydrogens (tertiary/aromatic N) is 2. The van der Waals surface area contributed by atoms with Crippen LogP contribution in [0.3, 0.4) is 0 Å². The van der Waals surface area contributed by atoms with Gasteiger partial charge in [0.2, 0.25) is 0 Å². The predicted molar refractivity (Wildman–Crippen MR) is 102 cm³/mol. The monoisotopic (exact) mass is 390 g/mol. The van der Waals surface area contributed by atoms with Crippen molar-refractivity contribution in [1.29, 1.82) is 0 Å². The summed E-state index contributed by atoms with van der Waals surface area (Å²) in [5, 5.41) is 9.89. The Hall–Kier alpha value is -2.58. The zero-order valence-electron chi connectivity index (χ0n) is 14.0. The normalized spacial score (nSPS) is 10.6. The molecule has 0 amide bonds. The molecule has 1 heterocycles. The summed E-state index contributed by atoms with van der Waals surface area (Å²) in [6.45, 7) is 0. The molecule has 0 saturated carbocycles. The van der Waals surface area contributed by atoms with Crippen molar-refractivity contribution < 1.29 is 19.0 Å². The molecular formula is C18H15FN2O3S2. The lowest BCUT2D eigenvalue weighted by atomic mass is 10.2. The fraction of sp³-hybridized carbons (Fsp3) is 0.111. The Bertz CT molecular complexity index is 928. The van der Waals surface area contributed by atoms with Crippen molar-refractivity contribution in [2.24, 2.45) is 0 Å². The highest BCUT2D eigenvalue weighted by Gasteiger charge is 2.15. The van der Waals surface area contributed by atoms with Crippen molar-refractivity contribution in [3.05, 3.63) is 60.0 Å². The third-order valence-corrected chi connectivity index (χ3v) is 5.64. The summed E-state index contributed by atoms with van der Waals surface area (Å²) in [5.74, 6) is -0.809. The molecule has 0 atom stereocenters. The minimum absolute atomic E-state index is 0.167. The summed E-state index contributed by atoms with van der Waals surface area (Å²) >= 11 is 2.94. The topological polar surface area (TPSA) is 62.7 Å². The number of anilines is 1. The number of methoxy groups -OCH3 is 1. The minimum Gasteiger partial charge on any atom is -0.495 e. The molecule has 5 nitrogen and oxygen atoms in total. The fourth-order valence-electron chi connectivity index (χ4n) is 2.28. The van der Waals surface area contributed by atoms with E-state index in [4.69, 9.17) is 9.84 Å². The highest BCUT2D eigenvalue weighted by Crippen LogP contribution is 2.38. The van der Waals surface area contributed by atoms with E-state index in [1.54, 1.807) is 24.4 Å². The summed E-state index contributed by atoms with van der Waals surface area (Å²) in [6.07, 6.45) is 1.75. The van der Waals surface area contributed by atoms with Crippen molar-refractivity contribution in [2.45, 2.75) is 4.21 Å². The lowest BCUT2D eigenvalue weighted by Gasteiger charge is -2.19. The third-order valence-electron chi connectivity index (χ3n) is 3.57. The fourth-order valence-corrected chi connectivity index (χ4v) is 4.28. The smallest absolute Gasteiger partial charge is 0.335 e. The zero-order chi connectivity index (χ0) is 18.7. The Kier molecular flexibility index (Phi) is 5.43. The molecular weight excluding hydrogens is 375 g/mol. The third kappa shape index (κ3) is 3.97. The average molecular weight is 390 g/mol. The number of ether oxygens (including phenoxy) is 1. The molecule has 1 aromatic heterocycles. The molecule has 0 bridgehead atoms. The molecule has 8 heteroatoms. The van der Waals surface area contributed by atoms with Gasteiger partial charge in [0.1, 0.15) is 20.8 Å². The summed E-state index contributed by atoms with van der Waals surface area (Å²) < 4.78 is 21.2. The number of hydrogen-bond acceptors (Lipinski definition) is 6. The number of aromatic nitrogens is 1. The van der Waals surface area contributed by atoms with E-state index in [2.05, 4.69) is 4.98 Å². The van der Waals surface area contributed by atoms with Gasteiger partial charge in [-0.2, -0.15) is 0 Å². The van der Waals surface area contributed by atoms with Gasteiger partial charge in [0.25, 0.3) is 0 Å². The van der Waals surface area contributed by atoms with Crippen LogP contribution in [0.5, 0.6) is 5.75 Å². The molecule has 0 unspecified atom stereocenters. The van der Waals surface area contributed by atoms with Crippen molar-refractivity contribution >= 4 is 34.9 Å². The second-order valence-electron chi connectivity index (χ2n) is 5.27. The molecule has 0 aliphatic heterocycles. The zero-order valence-corrected chi connectivity index (χ0v) is 15.6. The van der Waals surface area contributed by atoms with E-state index in [0.29, 0.717) is 5.75 Å². The largest absolute Gasteiger partial charge is 0.495 e. The first-order chi connectivity index (χ1) is 12.5. The van der Waals surface area contributed by atoms with Crippen molar-refractivity contribution in [2.75, 3.05) is 18.5 Å². The average Bonchev–Trinajstić information content (AvgIpc) is 3.10. The summed E-state index contributed by atoms with van der Waals surface area (Å²) in [6, 6.07) is 10.9. The molecule has 26 heavy (non-hydrogen) atoms. The lowest BCUT2D eigenvalue weighted by molar-refractivity contribution is 0.0696. The maximum Gasteiger partial charge on any atom is 0.335 e. The maximum atomic E-state index is 13.0. The van der Waals surface area contributed by atoms with Crippen LogP contribution in [0.15, 0.2) is 52.9 Å². The Labute approximate surface area is 158 Å². The molecule has 3 rings (SSSR count). The van der Waals surface area contributed by atoms with E-state index >= 15 is 0 Å². The minimum atomic E-state index is -1.00. The van der Waals surface area contributed by atoms with E-state index in [1.165, 1.54) is 54.7 Å². The molecule has 0 fully saturated rings. The number of thiazole rings is 1. The van der Waals surface area contributed by atoms with Crippen molar-refractivity contribution in [1.82, 2.24) is 4.98 Å². The van der Waals surface area contributed by atoms with Crippen LogP contribution in [-0.2, 0) is 0 Å². The number of benzene rings is 2. The van der Waals surface area contributed by atoms with Gasteiger partial charge in [0.05, 0.1) is 24.6 Å². The molecule has 0 aliphatic carbocycles. The van der Waals surface area contributed by atoms with Crippen molar-refractivity contribution in [3.63, 3.8) is 0 Å². The second kappa shape index (κ2) is 7.76. The molecule has 0 radical (unpaired) electrons. The summed E-state index contributed by atoms with van der Waals surface area (Å²) in [4.78, 5) is 15.5. The number of halogens is 1. The second-order valence-corrected chi connectivity index (χ2v) is 7.73. The summed E-state index contributed by atoms with van der Waals surface area (Å²) in [7, 11) is 3.36. The van der Waals surface area contributed by atoms with Crippen LogP contribution in [0.25, 0.3) is 10.6 Å². The number of hydrogen-bond donors (Lipinski definition) is 1. The van der Waals surface area contributed by atoms with Crippen molar-refractivity contribution in [3.8, 4) is 16.3 Å². The van der Waals surface area contributed by atoms with Gasteiger partial charge >= 0.3 is 5.97 Å². The quantitative estimate of drug-likeness (QED) is 0.610. The Balaban J connectivity index is 1.79. The van der Waals surface area contributed by atoms with Gasteiger partial charge in [0.15, 0.2) is 0 Å². The Morgan fingerprint density at radius 3 is 2.65 bits per heavy atom. The van der Waals surface area contributed by atoms with Gasteiger partial charge in [-0.25, -0.2) is 14.2 Å². The lowest BCUT2D eigenvalue weighted by Crippen LogP contribution is -2.08. The van der Waals surface area contributed by atoms with E-state index < -0.39 is 5.97 Å². The van der Waals surface area contributed by atoms with Gasteiger partial charge < -0.3 is 14.1 Å². The van der Waals surface area contributed by atoms with Gasteiger partial charge in [-0.05, 0) is 42.5 Å². The first kappa shape index (κ1) is 18.2. The van der Waals surface area contributed by atoms with Gasteiger partial charge in [-0.15, -0.1) is 11.3 Å². The standard InChI is InChI=1S/C18H15FN2O3S2/c1-21(14-8-5-12(18(22)23)9-15(14)24-2)26-16-10-20-17(25-16)11-3-6-13(19)7-4-11/h3-10H,1-2H3,(H,22,23). The summed E-state index contributed by atoms with van der Waals surface area (Å²) in [5.41, 5.74) is 1.77. The number of carboxylic acid groups (broad SMARTS) is 1. The van der Waals surface area contributed by atoms with Crippen LogP contribution in [-0.4, -0.2) is 30.2 Å². The highest BCUT2D eigenvalue weighted by atomic mass is 32.2. The molecule has 1 N–H and O–H groups in total.